The lowest BCUT2D eigenvalue weighted by Gasteiger charge is -2.62. The molecule has 1 aliphatic heterocycles. The molecule has 20 heavy (non-hydrogen) atoms. The molecule has 0 radical (unpaired) electrons. The Bertz CT molecular complexity index is 486. The summed E-state index contributed by atoms with van der Waals surface area (Å²) in [5, 5.41) is 12.7. The lowest BCUT2D eigenvalue weighted by molar-refractivity contribution is -0.989. The molecule has 4 heteroatoms. The summed E-state index contributed by atoms with van der Waals surface area (Å²) in [7, 11) is 0. The number of nitrogens with zero attached hydrogens (tertiary/aromatic N) is 1. The van der Waals surface area contributed by atoms with Gasteiger partial charge in [0.05, 0.1) is 0 Å². The van der Waals surface area contributed by atoms with Crippen molar-refractivity contribution >= 4 is 5.78 Å². The van der Waals surface area contributed by atoms with Crippen LogP contribution in [0.3, 0.4) is 0 Å². The van der Waals surface area contributed by atoms with Gasteiger partial charge in [-0.1, -0.05) is 30.3 Å². The topological polar surface area (TPSA) is 66.2 Å². The highest BCUT2D eigenvalue weighted by atomic mass is 16.6. The monoisotopic (exact) mass is 276 g/mol. The van der Waals surface area contributed by atoms with Crippen molar-refractivity contribution < 1.29 is 9.55 Å². The zero-order chi connectivity index (χ0) is 15.2. The quantitative estimate of drug-likeness (QED) is 0.391. The molecule has 0 bridgehead atoms. The molecule has 2 N–H and O–H groups in total. The molecule has 0 aliphatic carbocycles. The summed E-state index contributed by atoms with van der Waals surface area (Å²) in [5.74, 6) is 5.98. The van der Waals surface area contributed by atoms with E-state index in [9.17, 15) is 10.0 Å². The minimum absolute atomic E-state index is 0.117. The molecule has 1 fully saturated rings. The first-order valence-electron chi connectivity index (χ1n) is 7.07. The number of nitrogens with two attached hydrogens (primary N) is 1. The van der Waals surface area contributed by atoms with Crippen molar-refractivity contribution in [3.63, 3.8) is 0 Å². The molecule has 110 valence electrons. The Morgan fingerprint density at radius 3 is 2.05 bits per heavy atom. The van der Waals surface area contributed by atoms with Gasteiger partial charge in [-0.3, -0.25) is 9.55 Å². The zero-order valence-corrected chi connectivity index (χ0v) is 12.7. The van der Waals surface area contributed by atoms with Gasteiger partial charge in [-0.25, -0.2) is 0 Å². The molecule has 4 nitrogen and oxygen atoms in total. The van der Waals surface area contributed by atoms with Crippen LogP contribution in [-0.2, 0) is 0 Å². The molecule has 0 amide bonds. The van der Waals surface area contributed by atoms with Crippen LogP contribution in [0.2, 0.25) is 0 Å². The van der Waals surface area contributed by atoms with Crippen molar-refractivity contribution in [1.29, 1.82) is 0 Å². The Labute approximate surface area is 120 Å². The fourth-order valence-electron chi connectivity index (χ4n) is 3.39. The van der Waals surface area contributed by atoms with Crippen molar-refractivity contribution in [3.8, 4) is 0 Å². The Balaban J connectivity index is 2.31. The van der Waals surface area contributed by atoms with Gasteiger partial charge in [-0.15, -0.1) is 0 Å². The van der Waals surface area contributed by atoms with E-state index in [0.29, 0.717) is 18.4 Å². The molecule has 0 unspecified atom stereocenters. The Morgan fingerprint density at radius 1 is 1.15 bits per heavy atom. The van der Waals surface area contributed by atoms with E-state index in [1.165, 1.54) is 0 Å². The van der Waals surface area contributed by atoms with Gasteiger partial charge in [0.25, 0.3) is 0 Å². The SMILES string of the molecule is CC1(C)CC(C(=O)c2ccccc2)CC(C)(C)[N+]1(N)[O-]. The highest BCUT2D eigenvalue weighted by Gasteiger charge is 2.54. The number of quaternary nitrogens is 1. The summed E-state index contributed by atoms with van der Waals surface area (Å²) in [5.41, 5.74) is -0.625. The van der Waals surface area contributed by atoms with E-state index < -0.39 is 15.8 Å². The van der Waals surface area contributed by atoms with Crippen LogP contribution in [0.15, 0.2) is 30.3 Å². The number of hydrogen-bond acceptors (Lipinski definition) is 3. The number of ketones is 1. The summed E-state index contributed by atoms with van der Waals surface area (Å²) in [6.07, 6.45) is 1.04. The number of hydroxylamine groups is 2. The van der Waals surface area contributed by atoms with Crippen LogP contribution < -0.4 is 5.84 Å². The van der Waals surface area contributed by atoms with Crippen molar-refractivity contribution in [1.82, 2.24) is 0 Å². The third-order valence-electron chi connectivity index (χ3n) is 4.72. The van der Waals surface area contributed by atoms with Gasteiger partial charge < -0.3 is 5.21 Å². The lowest BCUT2D eigenvalue weighted by Crippen LogP contribution is -2.75. The number of rotatable bonds is 2. The van der Waals surface area contributed by atoms with Gasteiger partial charge in [0.2, 0.25) is 0 Å². The zero-order valence-electron chi connectivity index (χ0n) is 12.7. The molecule has 0 atom stereocenters. The smallest absolute Gasteiger partial charge is 0.166 e. The molecule has 1 aromatic rings. The predicted octanol–water partition coefficient (Wildman–Crippen LogP) is 3.02. The van der Waals surface area contributed by atoms with Crippen LogP contribution in [0.25, 0.3) is 0 Å². The fraction of sp³-hybridized carbons (Fsp3) is 0.562. The third kappa shape index (κ3) is 2.28. The largest absolute Gasteiger partial charge is 0.611 e. The van der Waals surface area contributed by atoms with E-state index in [1.54, 1.807) is 0 Å². The van der Waals surface area contributed by atoms with Gasteiger partial charge in [0, 0.05) is 24.3 Å². The van der Waals surface area contributed by atoms with E-state index in [1.807, 2.05) is 58.0 Å². The highest BCUT2D eigenvalue weighted by molar-refractivity contribution is 5.98. The average molecular weight is 276 g/mol. The number of hydrogen-bond donors (Lipinski definition) is 1. The molecule has 2 rings (SSSR count). The molecule has 1 saturated heterocycles. The molecule has 0 spiro atoms. The molecular formula is C16H24N2O2. The number of carbonyl (C=O) groups excluding carboxylic acids is 1. The molecule has 0 saturated carbocycles. The van der Waals surface area contributed by atoms with Gasteiger partial charge in [0.1, 0.15) is 11.1 Å². The van der Waals surface area contributed by atoms with Crippen LogP contribution in [-0.4, -0.2) is 21.6 Å². The van der Waals surface area contributed by atoms with Crippen LogP contribution in [0.1, 0.15) is 50.9 Å². The minimum Gasteiger partial charge on any atom is -0.611 e. The highest BCUT2D eigenvalue weighted by Crippen LogP contribution is 2.45. The van der Waals surface area contributed by atoms with Gasteiger partial charge in [0.15, 0.2) is 5.78 Å². The second-order valence-corrected chi connectivity index (χ2v) is 7.12. The van der Waals surface area contributed by atoms with Crippen LogP contribution in [0.5, 0.6) is 0 Å². The Morgan fingerprint density at radius 2 is 1.60 bits per heavy atom. The summed E-state index contributed by atoms with van der Waals surface area (Å²) in [6.45, 7) is 7.41. The van der Waals surface area contributed by atoms with E-state index in [0.717, 1.165) is 0 Å². The maximum atomic E-state index is 12.7. The van der Waals surface area contributed by atoms with E-state index in [4.69, 9.17) is 5.84 Å². The minimum atomic E-state index is -0.793. The van der Waals surface area contributed by atoms with Crippen molar-refractivity contribution in [2.75, 3.05) is 0 Å². The van der Waals surface area contributed by atoms with Crippen molar-refractivity contribution in [3.05, 3.63) is 41.1 Å². The van der Waals surface area contributed by atoms with Gasteiger partial charge in [-0.2, -0.15) is 5.84 Å². The van der Waals surface area contributed by atoms with Crippen molar-refractivity contribution in [2.24, 2.45) is 11.8 Å². The fourth-order valence-corrected chi connectivity index (χ4v) is 3.39. The van der Waals surface area contributed by atoms with Crippen molar-refractivity contribution in [2.45, 2.75) is 51.6 Å². The summed E-state index contributed by atoms with van der Waals surface area (Å²) in [6, 6.07) is 9.29. The van der Waals surface area contributed by atoms with Gasteiger partial charge in [-0.05, 0) is 27.7 Å². The molecular weight excluding hydrogens is 252 g/mol. The van der Waals surface area contributed by atoms with Crippen LogP contribution in [0.4, 0.5) is 0 Å². The maximum absolute atomic E-state index is 12.7. The Kier molecular flexibility index (Phi) is 3.53. The molecule has 1 aliphatic rings. The maximum Gasteiger partial charge on any atom is 0.166 e. The summed E-state index contributed by atoms with van der Waals surface area (Å²) >= 11 is 0. The first-order valence-corrected chi connectivity index (χ1v) is 7.07. The average Bonchev–Trinajstić information content (AvgIpc) is 2.36. The summed E-state index contributed by atoms with van der Waals surface area (Å²) < 4.78 is -0.793. The lowest BCUT2D eigenvalue weighted by atomic mass is 9.72. The molecule has 1 heterocycles. The first kappa shape index (κ1) is 15.2. The molecule has 0 aromatic heterocycles. The second kappa shape index (κ2) is 4.65. The van der Waals surface area contributed by atoms with E-state index in [-0.39, 0.29) is 11.7 Å². The number of Topliss-reactive ketones (excluding diaryl/α,β-unsaturated/α-hetero) is 1. The number of benzene rings is 1. The third-order valence-corrected chi connectivity index (χ3v) is 4.72. The second-order valence-electron chi connectivity index (χ2n) is 7.12. The van der Waals surface area contributed by atoms with Crippen LogP contribution in [0, 0.1) is 11.1 Å². The molecule has 1 aromatic carbocycles. The van der Waals surface area contributed by atoms with Crippen LogP contribution >= 0.6 is 0 Å². The van der Waals surface area contributed by atoms with E-state index in [2.05, 4.69) is 0 Å². The number of carbonyl (C=O) groups is 1. The first-order chi connectivity index (χ1) is 9.08. The Hall–Kier alpha value is -1.23. The standard InChI is InChI=1S/C16H24N2O2/c1-15(2)10-13(11-16(3,4)18(15,17)20)14(19)12-8-6-5-7-9-12/h5-9,13H,10-11,17H2,1-4H3. The van der Waals surface area contributed by atoms with Gasteiger partial charge >= 0.3 is 0 Å². The number of piperidine rings is 1. The normalized spacial score (nSPS) is 31.8. The van der Waals surface area contributed by atoms with E-state index >= 15 is 0 Å². The predicted molar refractivity (Wildman–Crippen MR) is 79.5 cm³/mol. The summed E-state index contributed by atoms with van der Waals surface area (Å²) in [4.78, 5) is 12.6.